The normalized spacial score (nSPS) is 21.9. The van der Waals surface area contributed by atoms with Crippen molar-refractivity contribution in [2.24, 2.45) is 5.73 Å². The second-order valence-corrected chi connectivity index (χ2v) is 6.16. The molecule has 5 nitrogen and oxygen atoms in total. The van der Waals surface area contributed by atoms with E-state index in [4.69, 9.17) is 10.5 Å². The van der Waals surface area contributed by atoms with E-state index in [1.54, 1.807) is 0 Å². The van der Waals surface area contributed by atoms with Crippen molar-refractivity contribution in [2.75, 3.05) is 19.7 Å². The van der Waals surface area contributed by atoms with E-state index >= 15 is 0 Å². The Morgan fingerprint density at radius 1 is 1.43 bits per heavy atom. The zero-order chi connectivity index (χ0) is 15.4. The molecular formula is C16H30N4O. The highest BCUT2D eigenvalue weighted by Crippen LogP contribution is 2.15. The first-order valence-electron chi connectivity index (χ1n) is 8.22. The lowest BCUT2D eigenvalue weighted by Gasteiger charge is -2.37. The molecule has 5 heteroatoms. The molecule has 0 radical (unpaired) electrons. The van der Waals surface area contributed by atoms with Gasteiger partial charge in [0.25, 0.3) is 0 Å². The van der Waals surface area contributed by atoms with Gasteiger partial charge in [0.05, 0.1) is 18.4 Å². The van der Waals surface area contributed by atoms with Crippen molar-refractivity contribution >= 4 is 0 Å². The maximum atomic E-state index is 6.42. The minimum Gasteiger partial charge on any atom is -0.374 e. The summed E-state index contributed by atoms with van der Waals surface area (Å²) in [7, 11) is 0. The zero-order valence-electron chi connectivity index (χ0n) is 13.9. The molecule has 1 aliphatic rings. The number of hydrogen-bond donors (Lipinski definition) is 1. The van der Waals surface area contributed by atoms with E-state index < -0.39 is 0 Å². The van der Waals surface area contributed by atoms with Crippen LogP contribution >= 0.6 is 0 Å². The smallest absolute Gasteiger partial charge is 0.0857 e. The third kappa shape index (κ3) is 4.05. The van der Waals surface area contributed by atoms with Crippen molar-refractivity contribution < 1.29 is 4.74 Å². The largest absolute Gasteiger partial charge is 0.374 e. The average Bonchev–Trinajstić information content (AvgIpc) is 2.89. The lowest BCUT2D eigenvalue weighted by Crippen LogP contribution is -2.53. The molecule has 1 aliphatic heterocycles. The molecule has 2 rings (SSSR count). The van der Waals surface area contributed by atoms with Crippen LogP contribution in [0.15, 0.2) is 6.07 Å². The monoisotopic (exact) mass is 294 g/mol. The SMILES string of the molecule is CCc1cc(CC(N)C2CN(C(C)C)CCO2)n(CC)n1. The van der Waals surface area contributed by atoms with E-state index in [2.05, 4.69) is 48.4 Å². The molecule has 2 atom stereocenters. The number of rotatable bonds is 6. The first-order valence-corrected chi connectivity index (χ1v) is 8.22. The highest BCUT2D eigenvalue weighted by molar-refractivity contribution is 5.12. The van der Waals surface area contributed by atoms with Crippen molar-refractivity contribution in [1.82, 2.24) is 14.7 Å². The summed E-state index contributed by atoms with van der Waals surface area (Å²) >= 11 is 0. The molecule has 0 saturated carbocycles. The van der Waals surface area contributed by atoms with Gasteiger partial charge in [-0.25, -0.2) is 0 Å². The third-order valence-electron chi connectivity index (χ3n) is 4.35. The number of aryl methyl sites for hydroxylation is 2. The number of nitrogens with zero attached hydrogens (tertiary/aromatic N) is 3. The molecule has 1 aromatic rings. The summed E-state index contributed by atoms with van der Waals surface area (Å²) in [6.07, 6.45) is 1.92. The van der Waals surface area contributed by atoms with Gasteiger partial charge in [-0.3, -0.25) is 9.58 Å². The summed E-state index contributed by atoms with van der Waals surface area (Å²) < 4.78 is 7.97. The molecule has 21 heavy (non-hydrogen) atoms. The van der Waals surface area contributed by atoms with Crippen molar-refractivity contribution in [3.63, 3.8) is 0 Å². The maximum Gasteiger partial charge on any atom is 0.0857 e. The van der Waals surface area contributed by atoms with Crippen molar-refractivity contribution in [2.45, 2.75) is 65.3 Å². The van der Waals surface area contributed by atoms with E-state index in [9.17, 15) is 0 Å². The molecule has 1 fully saturated rings. The Morgan fingerprint density at radius 3 is 2.81 bits per heavy atom. The van der Waals surface area contributed by atoms with E-state index in [1.807, 2.05) is 0 Å². The summed E-state index contributed by atoms with van der Waals surface area (Å²) in [5, 5.41) is 4.60. The lowest BCUT2D eigenvalue weighted by atomic mass is 10.0. The Labute approximate surface area is 128 Å². The summed E-state index contributed by atoms with van der Waals surface area (Å²) in [5.41, 5.74) is 8.80. The molecule has 0 aliphatic carbocycles. The summed E-state index contributed by atoms with van der Waals surface area (Å²) in [6.45, 7) is 12.3. The average molecular weight is 294 g/mol. The van der Waals surface area contributed by atoms with Crippen LogP contribution in [0.5, 0.6) is 0 Å². The van der Waals surface area contributed by atoms with Gasteiger partial charge in [-0.05, 0) is 33.3 Å². The van der Waals surface area contributed by atoms with E-state index in [0.717, 1.165) is 44.8 Å². The van der Waals surface area contributed by atoms with Gasteiger partial charge in [0.1, 0.15) is 0 Å². The number of ether oxygens (including phenoxy) is 1. The molecule has 1 saturated heterocycles. The van der Waals surface area contributed by atoms with Gasteiger partial charge in [0.15, 0.2) is 0 Å². The van der Waals surface area contributed by atoms with Crippen molar-refractivity contribution in [1.29, 1.82) is 0 Å². The van der Waals surface area contributed by atoms with Crippen LogP contribution in [0.3, 0.4) is 0 Å². The van der Waals surface area contributed by atoms with E-state index in [0.29, 0.717) is 6.04 Å². The van der Waals surface area contributed by atoms with Gasteiger partial charge in [-0.15, -0.1) is 0 Å². The van der Waals surface area contributed by atoms with Crippen LogP contribution in [-0.2, 0) is 24.1 Å². The molecule has 0 spiro atoms. The molecule has 2 heterocycles. The van der Waals surface area contributed by atoms with Crippen LogP contribution in [0.25, 0.3) is 0 Å². The maximum absolute atomic E-state index is 6.42. The molecule has 0 aromatic carbocycles. The highest BCUT2D eigenvalue weighted by Gasteiger charge is 2.27. The molecule has 2 N–H and O–H groups in total. The van der Waals surface area contributed by atoms with Crippen LogP contribution in [0, 0.1) is 0 Å². The second kappa shape index (κ2) is 7.38. The third-order valence-corrected chi connectivity index (χ3v) is 4.35. The summed E-state index contributed by atoms with van der Waals surface area (Å²) in [5.74, 6) is 0. The van der Waals surface area contributed by atoms with Gasteiger partial charge in [0, 0.05) is 43.8 Å². The first kappa shape index (κ1) is 16.5. The zero-order valence-corrected chi connectivity index (χ0v) is 13.9. The Morgan fingerprint density at radius 2 is 2.19 bits per heavy atom. The number of morpholine rings is 1. The Kier molecular flexibility index (Phi) is 5.79. The fourth-order valence-corrected chi connectivity index (χ4v) is 2.92. The summed E-state index contributed by atoms with van der Waals surface area (Å²) in [4.78, 5) is 2.45. The van der Waals surface area contributed by atoms with Crippen molar-refractivity contribution in [3.05, 3.63) is 17.5 Å². The minimum atomic E-state index is 0.0262. The number of nitrogens with two attached hydrogens (primary N) is 1. The Balaban J connectivity index is 2.00. The van der Waals surface area contributed by atoms with E-state index in [-0.39, 0.29) is 12.1 Å². The van der Waals surface area contributed by atoms with E-state index in [1.165, 1.54) is 5.69 Å². The van der Waals surface area contributed by atoms with Crippen LogP contribution in [0.2, 0.25) is 0 Å². The second-order valence-electron chi connectivity index (χ2n) is 6.16. The van der Waals surface area contributed by atoms with Crippen LogP contribution in [0.1, 0.15) is 39.1 Å². The Hall–Kier alpha value is -0.910. The molecule has 0 amide bonds. The predicted molar refractivity (Wildman–Crippen MR) is 85.4 cm³/mol. The first-order chi connectivity index (χ1) is 10.0. The van der Waals surface area contributed by atoms with Gasteiger partial charge < -0.3 is 10.5 Å². The van der Waals surface area contributed by atoms with Gasteiger partial charge in [0.2, 0.25) is 0 Å². The number of aromatic nitrogens is 2. The van der Waals surface area contributed by atoms with Gasteiger partial charge in [-0.1, -0.05) is 6.92 Å². The van der Waals surface area contributed by atoms with Crippen LogP contribution in [-0.4, -0.2) is 52.6 Å². The highest BCUT2D eigenvalue weighted by atomic mass is 16.5. The number of hydrogen-bond acceptors (Lipinski definition) is 4. The Bertz CT molecular complexity index is 443. The fraction of sp³-hybridized carbons (Fsp3) is 0.812. The summed E-state index contributed by atoms with van der Waals surface area (Å²) in [6, 6.07) is 2.77. The van der Waals surface area contributed by atoms with Crippen LogP contribution in [0.4, 0.5) is 0 Å². The molecule has 1 aromatic heterocycles. The molecule has 2 unspecified atom stereocenters. The molecule has 120 valence electrons. The topological polar surface area (TPSA) is 56.3 Å². The van der Waals surface area contributed by atoms with Gasteiger partial charge >= 0.3 is 0 Å². The standard InChI is InChI=1S/C16H30N4O/c1-5-13-9-14(20(6-2)18-13)10-15(17)16-11-19(12(3)4)7-8-21-16/h9,12,15-16H,5-8,10-11,17H2,1-4H3. The van der Waals surface area contributed by atoms with Crippen molar-refractivity contribution in [3.8, 4) is 0 Å². The minimum absolute atomic E-state index is 0.0262. The fourth-order valence-electron chi connectivity index (χ4n) is 2.92. The lowest BCUT2D eigenvalue weighted by molar-refractivity contribution is -0.0497. The molecular weight excluding hydrogens is 264 g/mol. The van der Waals surface area contributed by atoms with Gasteiger partial charge in [-0.2, -0.15) is 5.10 Å². The molecule has 0 bridgehead atoms. The van der Waals surface area contributed by atoms with Crippen LogP contribution < -0.4 is 5.73 Å². The quantitative estimate of drug-likeness (QED) is 0.862. The predicted octanol–water partition coefficient (Wildman–Crippen LogP) is 1.44.